The fourth-order valence-electron chi connectivity index (χ4n) is 3.08. The molecule has 4 rings (SSSR count). The number of benzene rings is 1. The van der Waals surface area contributed by atoms with E-state index in [0.717, 1.165) is 21.0 Å². The number of rotatable bonds is 5. The van der Waals surface area contributed by atoms with Crippen molar-refractivity contribution in [3.8, 4) is 11.5 Å². The van der Waals surface area contributed by atoms with Crippen LogP contribution < -0.4 is 5.56 Å². The molecule has 0 bridgehead atoms. The third kappa shape index (κ3) is 3.74. The number of fused-ring (bicyclic) bond motifs is 1. The molecule has 1 aromatic carbocycles. The number of hydrogen-bond acceptors (Lipinski definition) is 6. The summed E-state index contributed by atoms with van der Waals surface area (Å²) in [6.45, 7) is 7.95. The van der Waals surface area contributed by atoms with Gasteiger partial charge in [-0.2, -0.15) is 0 Å². The molecule has 0 saturated heterocycles. The van der Waals surface area contributed by atoms with Crippen molar-refractivity contribution in [1.82, 2.24) is 14.5 Å². The Morgan fingerprint density at radius 3 is 2.62 bits per heavy atom. The number of aromatic nitrogens is 3. The SMILES string of the molecule is Cc1sc2nc(SCc3coc(-c4ccc(F)cc4)n3)n(C(C)C)c(=O)c2c1C. The summed E-state index contributed by atoms with van der Waals surface area (Å²) in [6, 6.07) is 6.00. The molecule has 0 saturated carbocycles. The van der Waals surface area contributed by atoms with E-state index in [-0.39, 0.29) is 17.4 Å². The molecule has 0 amide bonds. The molecule has 3 heterocycles. The Balaban J connectivity index is 1.64. The van der Waals surface area contributed by atoms with Crippen molar-refractivity contribution in [1.29, 1.82) is 0 Å². The van der Waals surface area contributed by atoms with Gasteiger partial charge < -0.3 is 4.42 Å². The van der Waals surface area contributed by atoms with Crippen LogP contribution in [0.25, 0.3) is 21.7 Å². The van der Waals surface area contributed by atoms with Crippen molar-refractivity contribution in [2.45, 2.75) is 44.6 Å². The fourth-order valence-corrected chi connectivity index (χ4v) is 5.16. The molecule has 150 valence electrons. The van der Waals surface area contributed by atoms with Crippen LogP contribution in [0.2, 0.25) is 0 Å². The van der Waals surface area contributed by atoms with Crippen LogP contribution in [0.4, 0.5) is 4.39 Å². The predicted octanol–water partition coefficient (Wildman–Crippen LogP) is 5.74. The summed E-state index contributed by atoms with van der Waals surface area (Å²) < 4.78 is 20.4. The van der Waals surface area contributed by atoms with E-state index < -0.39 is 0 Å². The average molecular weight is 430 g/mol. The number of thioether (sulfide) groups is 1. The summed E-state index contributed by atoms with van der Waals surface area (Å²) in [5, 5.41) is 1.38. The van der Waals surface area contributed by atoms with Gasteiger partial charge >= 0.3 is 0 Å². The first-order chi connectivity index (χ1) is 13.8. The first-order valence-corrected chi connectivity index (χ1v) is 11.0. The molecule has 0 fully saturated rings. The highest BCUT2D eigenvalue weighted by Crippen LogP contribution is 2.31. The molecule has 8 heteroatoms. The highest BCUT2D eigenvalue weighted by Gasteiger charge is 2.19. The third-order valence-electron chi connectivity index (χ3n) is 4.71. The molecule has 3 aromatic heterocycles. The van der Waals surface area contributed by atoms with E-state index in [1.165, 1.54) is 23.9 Å². The zero-order valence-corrected chi connectivity index (χ0v) is 18.2. The van der Waals surface area contributed by atoms with Crippen LogP contribution in [0.1, 0.15) is 36.0 Å². The summed E-state index contributed by atoms with van der Waals surface area (Å²) in [4.78, 5) is 24.2. The molecule has 0 atom stereocenters. The second-order valence-electron chi connectivity index (χ2n) is 7.07. The van der Waals surface area contributed by atoms with Gasteiger partial charge in [-0.3, -0.25) is 9.36 Å². The van der Waals surface area contributed by atoms with Gasteiger partial charge in [0.1, 0.15) is 16.9 Å². The lowest BCUT2D eigenvalue weighted by atomic mass is 10.2. The lowest BCUT2D eigenvalue weighted by molar-refractivity contribution is 0.519. The third-order valence-corrected chi connectivity index (χ3v) is 6.80. The quantitative estimate of drug-likeness (QED) is 0.299. The summed E-state index contributed by atoms with van der Waals surface area (Å²) in [7, 11) is 0. The Morgan fingerprint density at radius 1 is 1.21 bits per heavy atom. The molecule has 4 aromatic rings. The molecule has 0 spiro atoms. The minimum atomic E-state index is -0.303. The maximum absolute atomic E-state index is 13.1. The average Bonchev–Trinajstić information content (AvgIpc) is 3.25. The Kier molecular flexibility index (Phi) is 5.31. The standard InChI is InChI=1S/C21H20FN3O2S2/c1-11(2)25-20(26)17-12(3)13(4)29-19(17)24-21(25)28-10-16-9-27-18(23-16)14-5-7-15(22)8-6-14/h5-9,11H,10H2,1-4H3. The molecule has 0 aliphatic carbocycles. The van der Waals surface area contributed by atoms with Crippen LogP contribution >= 0.6 is 23.1 Å². The van der Waals surface area contributed by atoms with Gasteiger partial charge in [0.15, 0.2) is 5.16 Å². The van der Waals surface area contributed by atoms with E-state index >= 15 is 0 Å². The number of halogens is 1. The van der Waals surface area contributed by atoms with Crippen molar-refractivity contribution in [2.24, 2.45) is 0 Å². The van der Waals surface area contributed by atoms with Crippen LogP contribution in [0.3, 0.4) is 0 Å². The smallest absolute Gasteiger partial charge is 0.263 e. The Labute approximate surface area is 175 Å². The van der Waals surface area contributed by atoms with Gasteiger partial charge in [-0.05, 0) is 57.5 Å². The van der Waals surface area contributed by atoms with E-state index in [9.17, 15) is 9.18 Å². The molecule has 0 unspecified atom stereocenters. The summed E-state index contributed by atoms with van der Waals surface area (Å²) >= 11 is 3.01. The molecular weight excluding hydrogens is 409 g/mol. The number of thiophene rings is 1. The van der Waals surface area contributed by atoms with Crippen molar-refractivity contribution in [2.75, 3.05) is 0 Å². The number of aryl methyl sites for hydroxylation is 2. The molecular formula is C21H20FN3O2S2. The van der Waals surface area contributed by atoms with E-state index in [2.05, 4.69) is 4.98 Å². The topological polar surface area (TPSA) is 60.9 Å². The van der Waals surface area contributed by atoms with Gasteiger partial charge in [-0.1, -0.05) is 11.8 Å². The molecule has 0 N–H and O–H groups in total. The van der Waals surface area contributed by atoms with Crippen molar-refractivity contribution < 1.29 is 8.81 Å². The molecule has 0 aliphatic heterocycles. The van der Waals surface area contributed by atoms with Gasteiger partial charge in [-0.25, -0.2) is 14.4 Å². The predicted molar refractivity (Wildman–Crippen MR) is 115 cm³/mol. The number of hydrogen-bond donors (Lipinski definition) is 0. The van der Waals surface area contributed by atoms with E-state index in [1.807, 2.05) is 27.7 Å². The largest absolute Gasteiger partial charge is 0.444 e. The van der Waals surface area contributed by atoms with E-state index in [1.54, 1.807) is 34.3 Å². The maximum atomic E-state index is 13.1. The van der Waals surface area contributed by atoms with Gasteiger partial charge in [0, 0.05) is 22.2 Å². The highest BCUT2D eigenvalue weighted by molar-refractivity contribution is 7.98. The lowest BCUT2D eigenvalue weighted by Crippen LogP contribution is -2.24. The highest BCUT2D eigenvalue weighted by atomic mass is 32.2. The zero-order chi connectivity index (χ0) is 20.7. The van der Waals surface area contributed by atoms with Gasteiger partial charge in [0.25, 0.3) is 5.56 Å². The monoisotopic (exact) mass is 429 g/mol. The van der Waals surface area contributed by atoms with E-state index in [4.69, 9.17) is 9.40 Å². The molecule has 5 nitrogen and oxygen atoms in total. The second kappa shape index (κ2) is 7.76. The van der Waals surface area contributed by atoms with Crippen LogP contribution in [-0.4, -0.2) is 14.5 Å². The lowest BCUT2D eigenvalue weighted by Gasteiger charge is -2.14. The Bertz CT molecular complexity index is 1240. The fraction of sp³-hybridized carbons (Fsp3) is 0.286. The van der Waals surface area contributed by atoms with Crippen molar-refractivity contribution in [3.05, 3.63) is 62.8 Å². The normalized spacial score (nSPS) is 11.7. The minimum absolute atomic E-state index is 0.00139. The van der Waals surface area contributed by atoms with Crippen LogP contribution in [0.15, 0.2) is 44.9 Å². The Hall–Kier alpha value is -2.45. The minimum Gasteiger partial charge on any atom is -0.444 e. The van der Waals surface area contributed by atoms with E-state index in [0.29, 0.717) is 27.7 Å². The Morgan fingerprint density at radius 2 is 1.93 bits per heavy atom. The van der Waals surface area contributed by atoms with Crippen LogP contribution in [0, 0.1) is 19.7 Å². The number of nitrogens with zero attached hydrogens (tertiary/aromatic N) is 3. The summed E-state index contributed by atoms with van der Waals surface area (Å²) in [6.07, 6.45) is 1.58. The summed E-state index contributed by atoms with van der Waals surface area (Å²) in [5.74, 6) is 0.650. The van der Waals surface area contributed by atoms with Crippen LogP contribution in [0.5, 0.6) is 0 Å². The van der Waals surface area contributed by atoms with Crippen LogP contribution in [-0.2, 0) is 5.75 Å². The van der Waals surface area contributed by atoms with Gasteiger partial charge in [0.05, 0.1) is 11.1 Å². The first-order valence-electron chi connectivity index (χ1n) is 9.20. The second-order valence-corrected chi connectivity index (χ2v) is 9.21. The summed E-state index contributed by atoms with van der Waals surface area (Å²) in [5.41, 5.74) is 2.46. The first kappa shape index (κ1) is 19.8. The maximum Gasteiger partial charge on any atom is 0.263 e. The molecule has 0 aliphatic rings. The molecule has 29 heavy (non-hydrogen) atoms. The van der Waals surface area contributed by atoms with Gasteiger partial charge in [-0.15, -0.1) is 11.3 Å². The molecule has 0 radical (unpaired) electrons. The zero-order valence-electron chi connectivity index (χ0n) is 16.5. The number of oxazole rings is 1. The van der Waals surface area contributed by atoms with Gasteiger partial charge in [0.2, 0.25) is 5.89 Å². The van der Waals surface area contributed by atoms with Crippen molar-refractivity contribution >= 4 is 33.3 Å². The van der Waals surface area contributed by atoms with Crippen molar-refractivity contribution in [3.63, 3.8) is 0 Å².